The Morgan fingerprint density at radius 1 is 1.09 bits per heavy atom. The van der Waals surface area contributed by atoms with E-state index < -0.39 is 5.82 Å². The molecule has 0 radical (unpaired) electrons. The Hall–Kier alpha value is -2.50. The number of anilines is 1. The van der Waals surface area contributed by atoms with Crippen LogP contribution in [0.1, 0.15) is 23.2 Å². The summed E-state index contributed by atoms with van der Waals surface area (Å²) in [6, 6.07) is 7.94. The van der Waals surface area contributed by atoms with Crippen molar-refractivity contribution in [1.82, 2.24) is 14.9 Å². The molecule has 2 aliphatic heterocycles. The molecule has 1 amide bonds. The normalized spacial score (nSPS) is 23.2. The third-order valence-electron chi connectivity index (χ3n) is 4.89. The van der Waals surface area contributed by atoms with Gasteiger partial charge in [-0.3, -0.25) is 4.79 Å². The number of benzene rings is 1. The predicted octanol–water partition coefficient (Wildman–Crippen LogP) is 2.11. The third-order valence-corrected chi connectivity index (χ3v) is 4.89. The number of carbonyl (C=O) groups is 1. The molecule has 2 aliphatic rings. The van der Waals surface area contributed by atoms with Crippen molar-refractivity contribution < 1.29 is 9.18 Å². The molecule has 1 atom stereocenters. The molecule has 0 saturated carbocycles. The molecule has 0 bridgehead atoms. The van der Waals surface area contributed by atoms with Gasteiger partial charge < -0.3 is 9.80 Å². The van der Waals surface area contributed by atoms with E-state index in [9.17, 15) is 9.18 Å². The van der Waals surface area contributed by atoms with Crippen molar-refractivity contribution in [2.75, 3.05) is 24.5 Å². The molecule has 118 valence electrons. The van der Waals surface area contributed by atoms with E-state index in [1.165, 1.54) is 6.07 Å². The first-order chi connectivity index (χ1) is 11.2. The number of amides is 1. The van der Waals surface area contributed by atoms with Crippen LogP contribution in [-0.2, 0) is 0 Å². The van der Waals surface area contributed by atoms with E-state index in [2.05, 4.69) is 14.9 Å². The van der Waals surface area contributed by atoms with Crippen molar-refractivity contribution in [2.24, 2.45) is 0 Å². The minimum absolute atomic E-state index is 0.0950. The molecule has 4 rings (SSSR count). The molecule has 1 spiro atoms. The van der Waals surface area contributed by atoms with Gasteiger partial charge in [-0.25, -0.2) is 14.4 Å². The van der Waals surface area contributed by atoms with Gasteiger partial charge in [-0.2, -0.15) is 0 Å². The lowest BCUT2D eigenvalue weighted by molar-refractivity contribution is 0.0771. The molecule has 2 aromatic rings. The summed E-state index contributed by atoms with van der Waals surface area (Å²) in [5.74, 6) is 0.00931. The Balaban J connectivity index is 1.53. The molecule has 1 aromatic carbocycles. The first-order valence-corrected chi connectivity index (χ1v) is 7.78. The van der Waals surface area contributed by atoms with Crippen LogP contribution in [0, 0.1) is 5.82 Å². The second kappa shape index (κ2) is 5.30. The van der Waals surface area contributed by atoms with Crippen molar-refractivity contribution in [3.8, 4) is 0 Å². The molecule has 3 heterocycles. The van der Waals surface area contributed by atoms with Crippen LogP contribution >= 0.6 is 0 Å². The Labute approximate surface area is 133 Å². The van der Waals surface area contributed by atoms with E-state index in [4.69, 9.17) is 0 Å². The Kier molecular flexibility index (Phi) is 3.25. The zero-order valence-corrected chi connectivity index (χ0v) is 12.7. The lowest BCUT2D eigenvalue weighted by Gasteiger charge is -2.50. The standard InChI is InChI=1S/C17H17FN4O/c18-14-5-2-1-4-13(14)15(23)21-10-6-17(12-21)7-11-22(17)16-19-8-3-9-20-16/h1-5,8-9H,6-7,10-12H2/t17-/m0/s1. The molecule has 0 unspecified atom stereocenters. The van der Waals surface area contributed by atoms with Gasteiger partial charge in [0.2, 0.25) is 5.95 Å². The highest BCUT2D eigenvalue weighted by molar-refractivity contribution is 5.94. The summed E-state index contributed by atoms with van der Waals surface area (Å²) in [4.78, 5) is 25.1. The molecule has 23 heavy (non-hydrogen) atoms. The molecule has 0 N–H and O–H groups in total. The smallest absolute Gasteiger partial charge is 0.256 e. The zero-order valence-electron chi connectivity index (χ0n) is 12.7. The zero-order chi connectivity index (χ0) is 15.9. The van der Waals surface area contributed by atoms with Gasteiger partial charge in [-0.15, -0.1) is 0 Å². The fourth-order valence-electron chi connectivity index (χ4n) is 3.54. The SMILES string of the molecule is O=C(c1ccccc1F)N1CC[C@]2(CCN2c2ncccn2)C1. The van der Waals surface area contributed by atoms with Crippen molar-refractivity contribution >= 4 is 11.9 Å². The first kappa shape index (κ1) is 14.1. The minimum Gasteiger partial charge on any atom is -0.336 e. The van der Waals surface area contributed by atoms with Crippen LogP contribution in [0.15, 0.2) is 42.7 Å². The van der Waals surface area contributed by atoms with E-state index in [0.29, 0.717) is 19.0 Å². The van der Waals surface area contributed by atoms with Crippen LogP contribution in [0.2, 0.25) is 0 Å². The van der Waals surface area contributed by atoms with Gasteiger partial charge in [-0.05, 0) is 31.0 Å². The fourth-order valence-corrected chi connectivity index (χ4v) is 3.54. The average molecular weight is 312 g/mol. The van der Waals surface area contributed by atoms with E-state index in [-0.39, 0.29) is 17.0 Å². The lowest BCUT2D eigenvalue weighted by Crippen LogP contribution is -2.62. The Morgan fingerprint density at radius 2 is 1.83 bits per heavy atom. The van der Waals surface area contributed by atoms with Crippen LogP contribution in [0.5, 0.6) is 0 Å². The van der Waals surface area contributed by atoms with E-state index in [0.717, 1.165) is 19.4 Å². The molecule has 6 heteroatoms. The number of nitrogens with zero attached hydrogens (tertiary/aromatic N) is 4. The summed E-state index contributed by atoms with van der Waals surface area (Å²) in [6.45, 7) is 2.13. The molecule has 5 nitrogen and oxygen atoms in total. The van der Waals surface area contributed by atoms with Crippen molar-refractivity contribution in [2.45, 2.75) is 18.4 Å². The van der Waals surface area contributed by atoms with Gasteiger partial charge in [0.1, 0.15) is 5.82 Å². The van der Waals surface area contributed by atoms with Crippen LogP contribution in [0.4, 0.5) is 10.3 Å². The van der Waals surface area contributed by atoms with Gasteiger partial charge in [0, 0.05) is 32.0 Å². The molecule has 2 fully saturated rings. The summed E-state index contributed by atoms with van der Waals surface area (Å²) >= 11 is 0. The fraction of sp³-hybridized carbons (Fsp3) is 0.353. The number of halogens is 1. The maximum atomic E-state index is 13.8. The lowest BCUT2D eigenvalue weighted by atomic mass is 9.84. The average Bonchev–Trinajstić information content (AvgIpc) is 3.02. The predicted molar refractivity (Wildman–Crippen MR) is 83.6 cm³/mol. The van der Waals surface area contributed by atoms with Crippen LogP contribution < -0.4 is 4.90 Å². The summed E-state index contributed by atoms with van der Waals surface area (Å²) in [7, 11) is 0. The van der Waals surface area contributed by atoms with E-state index in [1.54, 1.807) is 41.6 Å². The highest BCUT2D eigenvalue weighted by Crippen LogP contribution is 2.41. The summed E-state index contributed by atoms with van der Waals surface area (Å²) in [5, 5.41) is 0. The summed E-state index contributed by atoms with van der Waals surface area (Å²) in [6.07, 6.45) is 5.33. The number of rotatable bonds is 2. The van der Waals surface area contributed by atoms with Gasteiger partial charge in [0.05, 0.1) is 11.1 Å². The van der Waals surface area contributed by atoms with Crippen LogP contribution in [0.25, 0.3) is 0 Å². The highest BCUT2D eigenvalue weighted by Gasteiger charge is 2.51. The highest BCUT2D eigenvalue weighted by atomic mass is 19.1. The Bertz CT molecular complexity index is 738. The number of carbonyl (C=O) groups excluding carboxylic acids is 1. The molecule has 2 saturated heterocycles. The quantitative estimate of drug-likeness (QED) is 0.852. The second-order valence-electron chi connectivity index (χ2n) is 6.13. The van der Waals surface area contributed by atoms with Gasteiger partial charge in [-0.1, -0.05) is 12.1 Å². The number of aromatic nitrogens is 2. The monoisotopic (exact) mass is 312 g/mol. The van der Waals surface area contributed by atoms with E-state index >= 15 is 0 Å². The van der Waals surface area contributed by atoms with Gasteiger partial charge >= 0.3 is 0 Å². The number of hydrogen-bond acceptors (Lipinski definition) is 4. The molecular weight excluding hydrogens is 295 g/mol. The maximum absolute atomic E-state index is 13.8. The van der Waals surface area contributed by atoms with Gasteiger partial charge in [0.25, 0.3) is 5.91 Å². The van der Waals surface area contributed by atoms with Crippen molar-refractivity contribution in [3.63, 3.8) is 0 Å². The first-order valence-electron chi connectivity index (χ1n) is 7.78. The topological polar surface area (TPSA) is 49.3 Å². The molecular formula is C17H17FN4O. The van der Waals surface area contributed by atoms with Crippen molar-refractivity contribution in [3.05, 3.63) is 54.1 Å². The van der Waals surface area contributed by atoms with E-state index in [1.807, 2.05) is 0 Å². The van der Waals surface area contributed by atoms with Crippen molar-refractivity contribution in [1.29, 1.82) is 0 Å². The molecule has 0 aliphatic carbocycles. The summed E-state index contributed by atoms with van der Waals surface area (Å²) < 4.78 is 13.8. The second-order valence-corrected chi connectivity index (χ2v) is 6.13. The largest absolute Gasteiger partial charge is 0.336 e. The minimum atomic E-state index is -0.463. The Morgan fingerprint density at radius 3 is 2.52 bits per heavy atom. The number of likely N-dealkylation sites (tertiary alicyclic amines) is 1. The van der Waals surface area contributed by atoms with Gasteiger partial charge in [0.15, 0.2) is 0 Å². The molecule has 1 aromatic heterocycles. The number of hydrogen-bond donors (Lipinski definition) is 0. The maximum Gasteiger partial charge on any atom is 0.256 e. The summed E-state index contributed by atoms with van der Waals surface area (Å²) in [5.41, 5.74) is 0.0498. The van der Waals surface area contributed by atoms with Crippen LogP contribution in [-0.4, -0.2) is 45.9 Å². The van der Waals surface area contributed by atoms with Crippen LogP contribution in [0.3, 0.4) is 0 Å². The third kappa shape index (κ3) is 2.25.